The Hall–Kier alpha value is -2.41. The first-order valence-electron chi connectivity index (χ1n) is 7.12. The molecule has 0 heterocycles. The Kier molecular flexibility index (Phi) is 6.14. The fraction of sp³-hybridized carbons (Fsp3) is 0.167. The van der Waals surface area contributed by atoms with Gasteiger partial charge in [0.2, 0.25) is 0 Å². The van der Waals surface area contributed by atoms with E-state index in [4.69, 9.17) is 9.47 Å². The van der Waals surface area contributed by atoms with E-state index in [0.29, 0.717) is 22.6 Å². The van der Waals surface area contributed by atoms with Crippen molar-refractivity contribution in [1.29, 1.82) is 0 Å². The molecular weight excluding hydrogens is 353 g/mol. The van der Waals surface area contributed by atoms with Crippen LogP contribution in [0.15, 0.2) is 53.4 Å². The van der Waals surface area contributed by atoms with Gasteiger partial charge in [-0.1, -0.05) is 24.3 Å². The van der Waals surface area contributed by atoms with E-state index in [0.717, 1.165) is 0 Å². The number of benzene rings is 2. The molecule has 0 atom stereocenters. The van der Waals surface area contributed by atoms with Crippen LogP contribution in [0.25, 0.3) is 5.57 Å². The Morgan fingerprint density at radius 2 is 1.28 bits per heavy atom. The van der Waals surface area contributed by atoms with Gasteiger partial charge in [-0.05, 0) is 47.2 Å². The minimum Gasteiger partial charge on any atom is -0.497 e. The van der Waals surface area contributed by atoms with Crippen molar-refractivity contribution in [3.8, 4) is 11.5 Å². The molecule has 0 spiro atoms. The third-order valence-corrected chi connectivity index (χ3v) is 4.09. The molecule has 132 valence electrons. The van der Waals surface area contributed by atoms with Crippen LogP contribution in [0.4, 0.5) is 13.2 Å². The van der Waals surface area contributed by atoms with Crippen LogP contribution in [0.3, 0.4) is 0 Å². The number of aldehydes is 1. The zero-order valence-corrected chi connectivity index (χ0v) is 14.3. The van der Waals surface area contributed by atoms with Crippen molar-refractivity contribution >= 4 is 23.6 Å². The van der Waals surface area contributed by atoms with Crippen molar-refractivity contribution in [3.05, 3.63) is 64.6 Å². The first-order chi connectivity index (χ1) is 11.9. The number of carbonyl (C=O) groups is 1. The summed E-state index contributed by atoms with van der Waals surface area (Å²) in [5.41, 5.74) is -3.42. The van der Waals surface area contributed by atoms with Crippen LogP contribution in [0.2, 0.25) is 0 Å². The van der Waals surface area contributed by atoms with Crippen LogP contribution in [0, 0.1) is 0 Å². The highest BCUT2D eigenvalue weighted by Crippen LogP contribution is 2.41. The topological polar surface area (TPSA) is 35.5 Å². The molecule has 0 radical (unpaired) electrons. The maximum Gasteiger partial charge on any atom is 0.446 e. The quantitative estimate of drug-likeness (QED) is 0.536. The number of allylic oxidation sites excluding steroid dienone is 1. The molecule has 0 N–H and O–H groups in total. The Labute approximate surface area is 147 Å². The molecule has 0 saturated carbocycles. The average Bonchev–Trinajstić information content (AvgIpc) is 2.61. The first-order valence-corrected chi connectivity index (χ1v) is 7.93. The van der Waals surface area contributed by atoms with Crippen LogP contribution in [0.1, 0.15) is 11.1 Å². The predicted molar refractivity (Wildman–Crippen MR) is 91.7 cm³/mol. The maximum atomic E-state index is 12.9. The highest BCUT2D eigenvalue weighted by molar-refractivity contribution is 8.04. The summed E-state index contributed by atoms with van der Waals surface area (Å²) in [6.45, 7) is 0. The van der Waals surface area contributed by atoms with Crippen LogP contribution >= 0.6 is 11.8 Å². The number of methoxy groups -OCH3 is 2. The van der Waals surface area contributed by atoms with Gasteiger partial charge in [0, 0.05) is 5.57 Å². The second kappa shape index (κ2) is 8.11. The Morgan fingerprint density at radius 3 is 1.56 bits per heavy atom. The minimum absolute atomic E-state index is 0.197. The number of hydrogen-bond donors (Lipinski definition) is 0. The van der Waals surface area contributed by atoms with E-state index in [1.165, 1.54) is 14.2 Å². The van der Waals surface area contributed by atoms with E-state index < -0.39 is 22.2 Å². The number of thioether (sulfide) groups is 1. The molecule has 2 rings (SSSR count). The largest absolute Gasteiger partial charge is 0.497 e. The zero-order valence-electron chi connectivity index (χ0n) is 13.5. The van der Waals surface area contributed by atoms with Gasteiger partial charge < -0.3 is 9.47 Å². The Balaban J connectivity index is 2.61. The molecular formula is C18H15F3O3S. The van der Waals surface area contributed by atoms with Crippen molar-refractivity contribution in [3.63, 3.8) is 0 Å². The van der Waals surface area contributed by atoms with Gasteiger partial charge in [-0.25, -0.2) is 0 Å². The van der Waals surface area contributed by atoms with Crippen LogP contribution in [-0.2, 0) is 4.79 Å². The second-order valence-electron chi connectivity index (χ2n) is 4.86. The lowest BCUT2D eigenvalue weighted by Crippen LogP contribution is -2.04. The number of halogens is 3. The van der Waals surface area contributed by atoms with Crippen molar-refractivity contribution in [2.45, 2.75) is 5.51 Å². The van der Waals surface area contributed by atoms with Crippen LogP contribution in [-0.4, -0.2) is 26.0 Å². The number of ether oxygens (including phenoxy) is 2. The molecule has 3 nitrogen and oxygen atoms in total. The molecule has 2 aromatic carbocycles. The molecule has 0 fully saturated rings. The molecule has 0 aliphatic heterocycles. The summed E-state index contributed by atoms with van der Waals surface area (Å²) in [5.74, 6) is 1.13. The maximum absolute atomic E-state index is 12.9. The van der Waals surface area contributed by atoms with E-state index in [9.17, 15) is 18.0 Å². The van der Waals surface area contributed by atoms with Gasteiger partial charge in [-0.2, -0.15) is 13.2 Å². The molecule has 0 aromatic heterocycles. The van der Waals surface area contributed by atoms with Crippen molar-refractivity contribution in [1.82, 2.24) is 0 Å². The standard InChI is InChI=1S/C18H15F3O3S/c1-23-14-7-3-12(4-8-14)17(16(11-22)25-18(19,20)21)13-5-9-15(24-2)10-6-13/h3-11H,1-2H3. The smallest absolute Gasteiger partial charge is 0.446 e. The number of rotatable bonds is 6. The summed E-state index contributed by atoms with van der Waals surface area (Å²) in [5, 5.41) is 0. The summed E-state index contributed by atoms with van der Waals surface area (Å²) >= 11 is -0.431. The summed E-state index contributed by atoms with van der Waals surface area (Å²) < 4.78 is 48.7. The normalized spacial score (nSPS) is 10.9. The molecule has 25 heavy (non-hydrogen) atoms. The third kappa shape index (κ3) is 5.03. The van der Waals surface area contributed by atoms with Gasteiger partial charge in [-0.3, -0.25) is 4.79 Å². The number of alkyl halides is 3. The van der Waals surface area contributed by atoms with Crippen LogP contribution in [0.5, 0.6) is 11.5 Å². The second-order valence-corrected chi connectivity index (χ2v) is 5.97. The van der Waals surface area contributed by atoms with Crippen molar-refractivity contribution < 1.29 is 27.4 Å². The van der Waals surface area contributed by atoms with E-state index in [-0.39, 0.29) is 11.9 Å². The van der Waals surface area contributed by atoms with Crippen molar-refractivity contribution in [2.75, 3.05) is 14.2 Å². The van der Waals surface area contributed by atoms with Crippen molar-refractivity contribution in [2.24, 2.45) is 0 Å². The van der Waals surface area contributed by atoms with Gasteiger partial charge in [-0.15, -0.1) is 0 Å². The SMILES string of the molecule is COc1ccc(C(=C(C=O)SC(F)(F)F)c2ccc(OC)cc2)cc1. The van der Waals surface area contributed by atoms with E-state index in [1.807, 2.05) is 0 Å². The lowest BCUT2D eigenvalue weighted by Gasteiger charge is -2.14. The number of carbonyl (C=O) groups excluding carboxylic acids is 1. The highest BCUT2D eigenvalue weighted by atomic mass is 32.2. The summed E-state index contributed by atoms with van der Waals surface area (Å²) in [7, 11) is 2.98. The van der Waals surface area contributed by atoms with E-state index in [2.05, 4.69) is 0 Å². The first kappa shape index (κ1) is 18.9. The van der Waals surface area contributed by atoms with Gasteiger partial charge in [0.25, 0.3) is 0 Å². The summed E-state index contributed by atoms with van der Waals surface area (Å²) in [6, 6.07) is 12.9. The zero-order chi connectivity index (χ0) is 18.4. The fourth-order valence-corrected chi connectivity index (χ4v) is 2.86. The van der Waals surface area contributed by atoms with Gasteiger partial charge in [0.15, 0.2) is 6.29 Å². The Morgan fingerprint density at radius 1 is 0.880 bits per heavy atom. The minimum atomic E-state index is -4.57. The lowest BCUT2D eigenvalue weighted by molar-refractivity contribution is -0.104. The molecule has 0 saturated heterocycles. The molecule has 0 amide bonds. The molecule has 7 heteroatoms. The predicted octanol–water partition coefficient (Wildman–Crippen LogP) is 4.92. The molecule has 0 aliphatic carbocycles. The summed E-state index contributed by atoms with van der Waals surface area (Å²) in [6.07, 6.45) is 0.224. The Bertz CT molecular complexity index is 701. The monoisotopic (exact) mass is 368 g/mol. The number of hydrogen-bond acceptors (Lipinski definition) is 4. The van der Waals surface area contributed by atoms with E-state index in [1.54, 1.807) is 48.5 Å². The molecule has 2 aromatic rings. The fourth-order valence-electron chi connectivity index (χ4n) is 2.23. The van der Waals surface area contributed by atoms with Gasteiger partial charge in [0.1, 0.15) is 11.5 Å². The van der Waals surface area contributed by atoms with Crippen LogP contribution < -0.4 is 9.47 Å². The van der Waals surface area contributed by atoms with Gasteiger partial charge in [0.05, 0.1) is 19.1 Å². The van der Waals surface area contributed by atoms with E-state index >= 15 is 0 Å². The third-order valence-electron chi connectivity index (χ3n) is 3.34. The summed E-state index contributed by atoms with van der Waals surface area (Å²) in [4.78, 5) is 11.0. The lowest BCUT2D eigenvalue weighted by atomic mass is 9.97. The molecule has 0 bridgehead atoms. The molecule has 0 unspecified atom stereocenters. The highest BCUT2D eigenvalue weighted by Gasteiger charge is 2.32. The van der Waals surface area contributed by atoms with Gasteiger partial charge >= 0.3 is 5.51 Å². The average molecular weight is 368 g/mol. The molecule has 0 aliphatic rings.